The van der Waals surface area contributed by atoms with E-state index in [2.05, 4.69) is 34.8 Å². The molecule has 2 saturated heterocycles. The van der Waals surface area contributed by atoms with Gasteiger partial charge < -0.3 is 9.47 Å². The van der Waals surface area contributed by atoms with Crippen LogP contribution < -0.4 is 5.56 Å². The van der Waals surface area contributed by atoms with Gasteiger partial charge in [0.15, 0.2) is 0 Å². The second-order valence-electron chi connectivity index (χ2n) is 8.09. The van der Waals surface area contributed by atoms with Gasteiger partial charge in [-0.3, -0.25) is 4.79 Å². The third-order valence-electron chi connectivity index (χ3n) is 6.83. The second-order valence-corrected chi connectivity index (χ2v) is 8.09. The molecule has 2 aliphatic heterocycles. The van der Waals surface area contributed by atoms with E-state index in [0.717, 1.165) is 31.1 Å². The highest BCUT2D eigenvalue weighted by Crippen LogP contribution is 2.38. The van der Waals surface area contributed by atoms with Gasteiger partial charge in [0.25, 0.3) is 5.56 Å². The van der Waals surface area contributed by atoms with Gasteiger partial charge in [-0.05, 0) is 74.6 Å². The minimum atomic E-state index is 0.241. The summed E-state index contributed by atoms with van der Waals surface area (Å²) in [5.74, 6) is 0. The van der Waals surface area contributed by atoms with E-state index in [4.69, 9.17) is 0 Å². The molecule has 24 heavy (non-hydrogen) atoms. The topological polar surface area (TPSA) is 25.2 Å². The largest absolute Gasteiger partial charge is 0.312 e. The Hall–Kier alpha value is -1.61. The summed E-state index contributed by atoms with van der Waals surface area (Å²) in [6.07, 6.45) is 11.9. The molecule has 0 N–H and O–H groups in total. The lowest BCUT2D eigenvalue weighted by Gasteiger charge is -2.47. The molecule has 1 aromatic carbocycles. The van der Waals surface area contributed by atoms with Crippen LogP contribution in [0.1, 0.15) is 55.7 Å². The van der Waals surface area contributed by atoms with Crippen LogP contribution in [-0.4, -0.2) is 28.6 Å². The molecular formula is C21H26N2O. The van der Waals surface area contributed by atoms with Gasteiger partial charge in [-0.15, -0.1) is 0 Å². The molecule has 1 aliphatic carbocycles. The van der Waals surface area contributed by atoms with Gasteiger partial charge in [0.05, 0.1) is 0 Å². The SMILES string of the molecule is CN1C2CCCC1CC(n1cc3c4c(cccc4c1=O)CCC3)C2. The molecule has 2 bridgehead atoms. The van der Waals surface area contributed by atoms with Crippen molar-refractivity contribution < 1.29 is 0 Å². The Kier molecular flexibility index (Phi) is 3.34. The number of rotatable bonds is 1. The van der Waals surface area contributed by atoms with Gasteiger partial charge in [-0.25, -0.2) is 0 Å². The third-order valence-corrected chi connectivity index (χ3v) is 6.83. The van der Waals surface area contributed by atoms with E-state index in [9.17, 15) is 4.79 Å². The highest BCUT2D eigenvalue weighted by molar-refractivity contribution is 5.88. The molecule has 2 fully saturated rings. The minimum absolute atomic E-state index is 0.241. The molecule has 1 aromatic heterocycles. The lowest BCUT2D eigenvalue weighted by atomic mass is 9.82. The van der Waals surface area contributed by atoms with Crippen molar-refractivity contribution in [2.24, 2.45) is 0 Å². The zero-order chi connectivity index (χ0) is 16.3. The molecular weight excluding hydrogens is 296 g/mol. The van der Waals surface area contributed by atoms with Crippen LogP contribution in [0.15, 0.2) is 29.2 Å². The number of nitrogens with zero attached hydrogens (tertiary/aromatic N) is 2. The Morgan fingerprint density at radius 3 is 2.50 bits per heavy atom. The van der Waals surface area contributed by atoms with Crippen molar-refractivity contribution in [2.45, 2.75) is 69.5 Å². The monoisotopic (exact) mass is 322 g/mol. The fraction of sp³-hybridized carbons (Fsp3) is 0.571. The van der Waals surface area contributed by atoms with Crippen LogP contribution in [0.4, 0.5) is 0 Å². The highest BCUT2D eigenvalue weighted by Gasteiger charge is 2.37. The zero-order valence-electron chi connectivity index (χ0n) is 14.5. The summed E-state index contributed by atoms with van der Waals surface area (Å²) < 4.78 is 2.12. The Bertz CT molecular complexity index is 839. The van der Waals surface area contributed by atoms with E-state index >= 15 is 0 Å². The number of pyridine rings is 1. The number of benzene rings is 1. The maximum atomic E-state index is 13.2. The van der Waals surface area contributed by atoms with Crippen LogP contribution in [0.3, 0.4) is 0 Å². The summed E-state index contributed by atoms with van der Waals surface area (Å²) in [5, 5.41) is 2.21. The van der Waals surface area contributed by atoms with Crippen molar-refractivity contribution >= 4 is 10.8 Å². The Balaban J connectivity index is 1.63. The quantitative estimate of drug-likeness (QED) is 0.800. The van der Waals surface area contributed by atoms with E-state index in [0.29, 0.717) is 18.1 Å². The molecule has 5 rings (SSSR count). The maximum Gasteiger partial charge on any atom is 0.258 e. The molecule has 3 heteroatoms. The first-order valence-corrected chi connectivity index (χ1v) is 9.60. The summed E-state index contributed by atoms with van der Waals surface area (Å²) in [6.45, 7) is 0. The normalized spacial score (nSPS) is 29.8. The van der Waals surface area contributed by atoms with Gasteiger partial charge in [0.2, 0.25) is 0 Å². The molecule has 0 spiro atoms. The van der Waals surface area contributed by atoms with E-state index in [-0.39, 0.29) is 5.56 Å². The van der Waals surface area contributed by atoms with E-state index < -0.39 is 0 Å². The molecule has 3 aliphatic rings. The Morgan fingerprint density at radius 2 is 1.71 bits per heavy atom. The predicted octanol–water partition coefficient (Wildman–Crippen LogP) is 3.68. The lowest BCUT2D eigenvalue weighted by molar-refractivity contribution is 0.0392. The van der Waals surface area contributed by atoms with Crippen LogP contribution >= 0.6 is 0 Å². The summed E-state index contributed by atoms with van der Waals surface area (Å²) >= 11 is 0. The first-order valence-electron chi connectivity index (χ1n) is 9.60. The molecule has 126 valence electrons. The van der Waals surface area contributed by atoms with Crippen LogP contribution in [-0.2, 0) is 12.8 Å². The molecule has 2 unspecified atom stereocenters. The number of aryl methyl sites for hydroxylation is 2. The molecule has 0 radical (unpaired) electrons. The smallest absolute Gasteiger partial charge is 0.258 e. The zero-order valence-corrected chi connectivity index (χ0v) is 14.5. The van der Waals surface area contributed by atoms with Gasteiger partial charge >= 0.3 is 0 Å². The van der Waals surface area contributed by atoms with Crippen LogP contribution in [0.25, 0.3) is 10.8 Å². The predicted molar refractivity (Wildman–Crippen MR) is 97.7 cm³/mol. The number of aromatic nitrogens is 1. The third kappa shape index (κ3) is 2.10. The van der Waals surface area contributed by atoms with Crippen molar-refractivity contribution in [3.8, 4) is 0 Å². The minimum Gasteiger partial charge on any atom is -0.312 e. The number of piperidine rings is 2. The summed E-state index contributed by atoms with van der Waals surface area (Å²) in [6, 6.07) is 8.02. The van der Waals surface area contributed by atoms with Gasteiger partial charge in [-0.1, -0.05) is 18.6 Å². The van der Waals surface area contributed by atoms with Crippen LogP contribution in [0.2, 0.25) is 0 Å². The molecule has 3 nitrogen and oxygen atoms in total. The van der Waals surface area contributed by atoms with E-state index in [1.54, 1.807) is 0 Å². The van der Waals surface area contributed by atoms with Gasteiger partial charge in [-0.2, -0.15) is 0 Å². The lowest BCUT2D eigenvalue weighted by Crippen LogP contribution is -2.51. The molecule has 3 heterocycles. The number of fused-ring (bicyclic) bond motifs is 2. The van der Waals surface area contributed by atoms with E-state index in [1.165, 1.54) is 42.2 Å². The fourth-order valence-corrected chi connectivity index (χ4v) is 5.54. The fourth-order valence-electron chi connectivity index (χ4n) is 5.54. The maximum absolute atomic E-state index is 13.2. The molecule has 0 saturated carbocycles. The summed E-state index contributed by atoms with van der Waals surface area (Å²) in [7, 11) is 2.28. The average molecular weight is 322 g/mol. The van der Waals surface area contributed by atoms with Gasteiger partial charge in [0, 0.05) is 29.7 Å². The Labute approximate surface area is 143 Å². The van der Waals surface area contributed by atoms with Crippen molar-refractivity contribution in [2.75, 3.05) is 7.05 Å². The van der Waals surface area contributed by atoms with Crippen LogP contribution in [0.5, 0.6) is 0 Å². The molecule has 2 atom stereocenters. The number of hydrogen-bond donors (Lipinski definition) is 0. The van der Waals surface area contributed by atoms with Crippen molar-refractivity contribution in [1.82, 2.24) is 9.47 Å². The van der Waals surface area contributed by atoms with Crippen molar-refractivity contribution in [3.05, 3.63) is 45.9 Å². The van der Waals surface area contributed by atoms with E-state index in [1.807, 2.05) is 6.07 Å². The highest BCUT2D eigenvalue weighted by atomic mass is 16.1. The first-order chi connectivity index (χ1) is 11.7. The second kappa shape index (κ2) is 5.45. The molecule has 2 aromatic rings. The first kappa shape index (κ1) is 14.7. The van der Waals surface area contributed by atoms with Crippen molar-refractivity contribution in [1.29, 1.82) is 0 Å². The van der Waals surface area contributed by atoms with Crippen LogP contribution in [0, 0.1) is 0 Å². The molecule has 0 amide bonds. The van der Waals surface area contributed by atoms with Crippen molar-refractivity contribution in [3.63, 3.8) is 0 Å². The Morgan fingerprint density at radius 1 is 0.958 bits per heavy atom. The van der Waals surface area contributed by atoms with Gasteiger partial charge in [0.1, 0.15) is 0 Å². The summed E-state index contributed by atoms with van der Waals surface area (Å²) in [4.78, 5) is 15.8. The standard InChI is InChI=1S/C21H26N2O/c1-22-16-8-4-9-17(22)12-18(11-16)23-13-15-7-2-5-14-6-3-10-19(20(14)15)21(23)24/h3,6,10,13,16-18H,2,4-5,7-9,11-12H2,1H3. The summed E-state index contributed by atoms with van der Waals surface area (Å²) in [5.41, 5.74) is 3.01. The average Bonchev–Trinajstić information content (AvgIpc) is 2.58. The number of hydrogen-bond acceptors (Lipinski definition) is 2.